The first kappa shape index (κ1) is 17.5. The standard InChI is InChI=1S/C20H14F3N3S/c1-12-24-18(26-15-9-5-8-14(10-15)20(21,22)23)16-11-17(27-19(16)25-12)13-6-3-2-4-7-13/h2-11H,1H3,(H,24,25,26). The first-order valence-electron chi connectivity index (χ1n) is 8.18. The van der Waals surface area contributed by atoms with Crippen LogP contribution >= 0.6 is 11.3 Å². The maximum absolute atomic E-state index is 13.0. The Bertz CT molecular complexity index is 1100. The van der Waals surface area contributed by atoms with Crippen molar-refractivity contribution in [3.8, 4) is 10.4 Å². The zero-order valence-corrected chi connectivity index (χ0v) is 15.0. The molecule has 3 nitrogen and oxygen atoms in total. The zero-order valence-electron chi connectivity index (χ0n) is 14.2. The molecule has 0 aliphatic heterocycles. The molecule has 4 rings (SSSR count). The molecule has 2 aromatic heterocycles. The van der Waals surface area contributed by atoms with E-state index in [2.05, 4.69) is 15.3 Å². The van der Waals surface area contributed by atoms with Gasteiger partial charge in [-0.15, -0.1) is 11.3 Å². The number of benzene rings is 2. The average Bonchev–Trinajstić information content (AvgIpc) is 3.06. The Morgan fingerprint density at radius 2 is 1.70 bits per heavy atom. The van der Waals surface area contributed by atoms with Crippen molar-refractivity contribution >= 4 is 33.1 Å². The van der Waals surface area contributed by atoms with Crippen molar-refractivity contribution in [1.29, 1.82) is 0 Å². The number of alkyl halides is 3. The summed E-state index contributed by atoms with van der Waals surface area (Å²) in [5.74, 6) is 1.05. The zero-order chi connectivity index (χ0) is 19.0. The molecule has 0 saturated heterocycles. The maximum Gasteiger partial charge on any atom is 0.416 e. The minimum absolute atomic E-state index is 0.330. The maximum atomic E-state index is 13.0. The molecular formula is C20H14F3N3S. The number of rotatable bonds is 3. The summed E-state index contributed by atoms with van der Waals surface area (Å²) in [7, 11) is 0. The minimum Gasteiger partial charge on any atom is -0.340 e. The first-order valence-corrected chi connectivity index (χ1v) is 9.00. The number of thiophene rings is 1. The number of nitrogens with zero attached hydrogens (tertiary/aromatic N) is 2. The molecule has 0 spiro atoms. The molecule has 0 aliphatic carbocycles. The van der Waals surface area contributed by atoms with Crippen molar-refractivity contribution in [2.24, 2.45) is 0 Å². The number of nitrogens with one attached hydrogen (secondary N) is 1. The van der Waals surface area contributed by atoms with Crippen molar-refractivity contribution in [2.75, 3.05) is 5.32 Å². The van der Waals surface area contributed by atoms with E-state index in [4.69, 9.17) is 0 Å². The van der Waals surface area contributed by atoms with Gasteiger partial charge in [-0.25, -0.2) is 9.97 Å². The molecule has 1 N–H and O–H groups in total. The van der Waals surface area contributed by atoms with E-state index < -0.39 is 11.7 Å². The Morgan fingerprint density at radius 1 is 0.926 bits per heavy atom. The molecule has 0 radical (unpaired) electrons. The lowest BCUT2D eigenvalue weighted by Crippen LogP contribution is -2.05. The van der Waals surface area contributed by atoms with Gasteiger partial charge >= 0.3 is 6.18 Å². The molecule has 2 aromatic carbocycles. The lowest BCUT2D eigenvalue weighted by molar-refractivity contribution is -0.137. The van der Waals surface area contributed by atoms with Gasteiger partial charge in [-0.1, -0.05) is 36.4 Å². The molecule has 0 fully saturated rings. The summed E-state index contributed by atoms with van der Waals surface area (Å²) >= 11 is 1.53. The van der Waals surface area contributed by atoms with Crippen LogP contribution in [0.15, 0.2) is 60.7 Å². The Hall–Kier alpha value is -2.93. The van der Waals surface area contributed by atoms with Gasteiger partial charge in [-0.05, 0) is 36.8 Å². The van der Waals surface area contributed by atoms with Crippen molar-refractivity contribution in [1.82, 2.24) is 9.97 Å². The molecule has 4 aromatic rings. The summed E-state index contributed by atoms with van der Waals surface area (Å²) in [5, 5.41) is 3.80. The fourth-order valence-corrected chi connectivity index (χ4v) is 3.86. The van der Waals surface area contributed by atoms with Crippen LogP contribution in [0.1, 0.15) is 11.4 Å². The molecule has 0 unspecified atom stereocenters. The van der Waals surface area contributed by atoms with Crippen molar-refractivity contribution < 1.29 is 13.2 Å². The third-order valence-corrected chi connectivity index (χ3v) is 5.09. The van der Waals surface area contributed by atoms with Gasteiger partial charge in [0.1, 0.15) is 16.5 Å². The highest BCUT2D eigenvalue weighted by atomic mass is 32.1. The summed E-state index contributed by atoms with van der Waals surface area (Å²) < 4.78 is 38.9. The number of aryl methyl sites for hydroxylation is 1. The van der Waals surface area contributed by atoms with E-state index in [0.29, 0.717) is 17.3 Å². The number of hydrogen-bond acceptors (Lipinski definition) is 4. The molecule has 27 heavy (non-hydrogen) atoms. The summed E-state index contributed by atoms with van der Waals surface area (Å²) in [6.45, 7) is 1.76. The molecule has 2 heterocycles. The Morgan fingerprint density at radius 3 is 2.44 bits per heavy atom. The van der Waals surface area contributed by atoms with E-state index in [-0.39, 0.29) is 0 Å². The molecule has 0 aliphatic rings. The van der Waals surface area contributed by atoms with E-state index in [9.17, 15) is 13.2 Å². The smallest absolute Gasteiger partial charge is 0.340 e. The SMILES string of the molecule is Cc1nc(Nc2cccc(C(F)(F)F)c2)c2cc(-c3ccccc3)sc2n1. The van der Waals surface area contributed by atoms with Crippen LogP contribution < -0.4 is 5.32 Å². The van der Waals surface area contributed by atoms with Crippen LogP contribution in [0.4, 0.5) is 24.7 Å². The van der Waals surface area contributed by atoms with Crippen LogP contribution in [0, 0.1) is 6.92 Å². The summed E-state index contributed by atoms with van der Waals surface area (Å²) in [6.07, 6.45) is -4.39. The van der Waals surface area contributed by atoms with Gasteiger partial charge in [-0.2, -0.15) is 13.2 Å². The third-order valence-electron chi connectivity index (χ3n) is 4.02. The van der Waals surface area contributed by atoms with Crippen molar-refractivity contribution in [2.45, 2.75) is 13.1 Å². The molecule has 0 bridgehead atoms. The van der Waals surface area contributed by atoms with Gasteiger partial charge < -0.3 is 5.32 Å². The fraction of sp³-hybridized carbons (Fsp3) is 0.100. The van der Waals surface area contributed by atoms with Gasteiger partial charge in [0.2, 0.25) is 0 Å². The van der Waals surface area contributed by atoms with E-state index >= 15 is 0 Å². The Balaban J connectivity index is 1.77. The largest absolute Gasteiger partial charge is 0.416 e. The van der Waals surface area contributed by atoms with Gasteiger partial charge in [0, 0.05) is 10.6 Å². The van der Waals surface area contributed by atoms with Gasteiger partial charge in [0.15, 0.2) is 0 Å². The lowest BCUT2D eigenvalue weighted by Gasteiger charge is -2.11. The van der Waals surface area contributed by atoms with E-state index in [1.807, 2.05) is 36.4 Å². The molecule has 0 atom stereocenters. The summed E-state index contributed by atoms with van der Waals surface area (Å²) in [6, 6.07) is 16.9. The number of aromatic nitrogens is 2. The Labute approximate surface area is 157 Å². The molecule has 0 amide bonds. The van der Waals surface area contributed by atoms with E-state index in [1.54, 1.807) is 13.0 Å². The van der Waals surface area contributed by atoms with Crippen LogP contribution in [0.25, 0.3) is 20.7 Å². The molecule has 7 heteroatoms. The van der Waals surface area contributed by atoms with Crippen molar-refractivity contribution in [3.63, 3.8) is 0 Å². The van der Waals surface area contributed by atoms with Gasteiger partial charge in [0.25, 0.3) is 0 Å². The number of fused-ring (bicyclic) bond motifs is 1. The van der Waals surface area contributed by atoms with Gasteiger partial charge in [0.05, 0.1) is 10.9 Å². The van der Waals surface area contributed by atoms with Crippen LogP contribution in [-0.2, 0) is 6.18 Å². The Kier molecular flexibility index (Phi) is 4.31. The average molecular weight is 385 g/mol. The highest BCUT2D eigenvalue weighted by Gasteiger charge is 2.30. The quantitative estimate of drug-likeness (QED) is 0.442. The summed E-state index contributed by atoms with van der Waals surface area (Å²) in [4.78, 5) is 10.7. The minimum atomic E-state index is -4.39. The topological polar surface area (TPSA) is 37.8 Å². The molecule has 136 valence electrons. The van der Waals surface area contributed by atoms with Crippen LogP contribution in [0.2, 0.25) is 0 Å². The van der Waals surface area contributed by atoms with E-state index in [0.717, 1.165) is 32.8 Å². The van der Waals surface area contributed by atoms with Crippen LogP contribution in [-0.4, -0.2) is 9.97 Å². The van der Waals surface area contributed by atoms with Crippen LogP contribution in [0.3, 0.4) is 0 Å². The predicted molar refractivity (Wildman–Crippen MR) is 102 cm³/mol. The number of halogens is 3. The first-order chi connectivity index (χ1) is 12.9. The fourth-order valence-electron chi connectivity index (χ4n) is 2.78. The molecular weight excluding hydrogens is 371 g/mol. The number of hydrogen-bond donors (Lipinski definition) is 1. The highest BCUT2D eigenvalue weighted by Crippen LogP contribution is 2.37. The van der Waals surface area contributed by atoms with Crippen molar-refractivity contribution in [3.05, 3.63) is 72.1 Å². The monoisotopic (exact) mass is 385 g/mol. The second-order valence-electron chi connectivity index (χ2n) is 6.02. The highest BCUT2D eigenvalue weighted by molar-refractivity contribution is 7.21. The number of anilines is 2. The normalized spacial score (nSPS) is 11.7. The van der Waals surface area contributed by atoms with E-state index in [1.165, 1.54) is 17.4 Å². The van der Waals surface area contributed by atoms with Crippen LogP contribution in [0.5, 0.6) is 0 Å². The second kappa shape index (κ2) is 6.66. The summed E-state index contributed by atoms with van der Waals surface area (Å²) in [5.41, 5.74) is 0.685. The lowest BCUT2D eigenvalue weighted by atomic mass is 10.1. The predicted octanol–water partition coefficient (Wildman–Crippen LogP) is 6.43. The third kappa shape index (κ3) is 3.64. The second-order valence-corrected chi connectivity index (χ2v) is 7.05. The molecule has 0 saturated carbocycles. The van der Waals surface area contributed by atoms with Gasteiger partial charge in [-0.3, -0.25) is 0 Å².